The van der Waals surface area contributed by atoms with Crippen molar-refractivity contribution in [2.24, 2.45) is 0 Å². The highest BCUT2D eigenvalue weighted by Crippen LogP contribution is 2.25. The van der Waals surface area contributed by atoms with Crippen LogP contribution in [-0.2, 0) is 4.79 Å². The highest BCUT2D eigenvalue weighted by molar-refractivity contribution is 6.07. The number of hydrogen-bond donors (Lipinski definition) is 0. The largest absolute Gasteiger partial charge is 0.419 e. The van der Waals surface area contributed by atoms with Crippen molar-refractivity contribution in [3.05, 3.63) is 24.3 Å². The third kappa shape index (κ3) is 2.57. The van der Waals surface area contributed by atoms with Gasteiger partial charge in [0, 0.05) is 0 Å². The average molecular weight is 164 g/mol. The van der Waals surface area contributed by atoms with Gasteiger partial charge in [-0.25, -0.2) is 0 Å². The van der Waals surface area contributed by atoms with E-state index in [2.05, 4.69) is 13.2 Å². The molecule has 11 heavy (non-hydrogen) atoms. The lowest BCUT2D eigenvalue weighted by molar-refractivity contribution is -0.125. The van der Waals surface area contributed by atoms with Crippen LogP contribution in [0.1, 0.15) is 6.92 Å². The Morgan fingerprint density at radius 1 is 1.27 bits per heavy atom. The van der Waals surface area contributed by atoms with Crippen molar-refractivity contribution in [2.75, 3.05) is 0 Å². The van der Waals surface area contributed by atoms with Crippen LogP contribution in [0.2, 0.25) is 0 Å². The smallest absolute Gasteiger partial charge is 0.289 e. The number of carbonyl (C=O) groups is 1. The summed E-state index contributed by atoms with van der Waals surface area (Å²) in [6.07, 6.45) is -4.64. The average Bonchev–Trinajstić information content (AvgIpc) is 1.82. The molecule has 0 aliphatic rings. The van der Waals surface area contributed by atoms with Gasteiger partial charge in [-0.05, 0) is 12.5 Å². The second-order valence-electron chi connectivity index (χ2n) is 2.09. The molecule has 0 aromatic rings. The van der Waals surface area contributed by atoms with Crippen LogP contribution in [0.4, 0.5) is 13.2 Å². The van der Waals surface area contributed by atoms with Crippen LogP contribution < -0.4 is 0 Å². The van der Waals surface area contributed by atoms with Crippen LogP contribution in [0.5, 0.6) is 0 Å². The highest BCUT2D eigenvalue weighted by Gasteiger charge is 2.36. The zero-order chi connectivity index (χ0) is 9.23. The summed E-state index contributed by atoms with van der Waals surface area (Å²) >= 11 is 0. The summed E-state index contributed by atoms with van der Waals surface area (Å²) in [7, 11) is 0. The fraction of sp³-hybridized carbons (Fsp3) is 0.286. The molecule has 0 bridgehead atoms. The van der Waals surface area contributed by atoms with Crippen LogP contribution >= 0.6 is 0 Å². The Balaban J connectivity index is 4.53. The van der Waals surface area contributed by atoms with Gasteiger partial charge in [-0.3, -0.25) is 4.79 Å². The normalized spacial score (nSPS) is 10.9. The number of alkyl halides is 3. The first kappa shape index (κ1) is 9.94. The maximum absolute atomic E-state index is 11.7. The van der Waals surface area contributed by atoms with E-state index in [1.165, 1.54) is 6.92 Å². The molecule has 0 unspecified atom stereocenters. The van der Waals surface area contributed by atoms with E-state index in [4.69, 9.17) is 0 Å². The molecule has 0 saturated heterocycles. The minimum atomic E-state index is -4.64. The molecule has 0 saturated carbocycles. The summed E-state index contributed by atoms with van der Waals surface area (Å²) < 4.78 is 35.1. The molecule has 1 nitrogen and oxygen atoms in total. The molecule has 4 heteroatoms. The molecule has 0 aromatic heterocycles. The van der Waals surface area contributed by atoms with Crippen LogP contribution in [-0.4, -0.2) is 12.0 Å². The molecule has 0 aliphatic heterocycles. The van der Waals surface area contributed by atoms with Crippen LogP contribution in [0.15, 0.2) is 24.3 Å². The lowest BCUT2D eigenvalue weighted by Gasteiger charge is -2.07. The van der Waals surface area contributed by atoms with Gasteiger partial charge in [0.1, 0.15) is 0 Å². The molecule has 0 amide bonds. The first-order valence-electron chi connectivity index (χ1n) is 2.73. The molecular formula is C7H7F3O. The second-order valence-corrected chi connectivity index (χ2v) is 2.09. The lowest BCUT2D eigenvalue weighted by Crippen LogP contribution is -2.19. The van der Waals surface area contributed by atoms with Gasteiger partial charge in [-0.1, -0.05) is 13.2 Å². The summed E-state index contributed by atoms with van der Waals surface area (Å²) in [6, 6.07) is 0. The Hall–Kier alpha value is -1.06. The highest BCUT2D eigenvalue weighted by atomic mass is 19.4. The van der Waals surface area contributed by atoms with Gasteiger partial charge in [0.15, 0.2) is 5.78 Å². The standard InChI is InChI=1S/C7H7F3O/c1-4(2)6(11)5(3)7(8,9)10/h1,3H2,2H3. The van der Waals surface area contributed by atoms with E-state index in [0.29, 0.717) is 0 Å². The van der Waals surface area contributed by atoms with E-state index in [1.807, 2.05) is 0 Å². The fourth-order valence-electron chi connectivity index (χ4n) is 0.386. The molecule has 0 aromatic carbocycles. The van der Waals surface area contributed by atoms with Crippen molar-refractivity contribution in [3.8, 4) is 0 Å². The van der Waals surface area contributed by atoms with Crippen molar-refractivity contribution in [3.63, 3.8) is 0 Å². The van der Waals surface area contributed by atoms with Crippen molar-refractivity contribution in [1.29, 1.82) is 0 Å². The van der Waals surface area contributed by atoms with Crippen LogP contribution in [0.3, 0.4) is 0 Å². The summed E-state index contributed by atoms with van der Waals surface area (Å²) in [5.41, 5.74) is -1.53. The Kier molecular flexibility index (Phi) is 2.62. The van der Waals surface area contributed by atoms with Crippen LogP contribution in [0.25, 0.3) is 0 Å². The molecule has 0 aliphatic carbocycles. The number of carbonyl (C=O) groups excluding carboxylic acids is 1. The van der Waals surface area contributed by atoms with E-state index in [-0.39, 0.29) is 5.57 Å². The zero-order valence-corrected chi connectivity index (χ0v) is 5.96. The van der Waals surface area contributed by atoms with E-state index >= 15 is 0 Å². The van der Waals surface area contributed by atoms with E-state index in [9.17, 15) is 18.0 Å². The van der Waals surface area contributed by atoms with Gasteiger partial charge in [0.2, 0.25) is 0 Å². The predicted molar refractivity (Wildman–Crippen MR) is 35.0 cm³/mol. The molecule has 0 heterocycles. The Morgan fingerprint density at radius 3 is 1.73 bits per heavy atom. The van der Waals surface area contributed by atoms with Gasteiger partial charge < -0.3 is 0 Å². The van der Waals surface area contributed by atoms with E-state index < -0.39 is 17.5 Å². The maximum atomic E-state index is 11.7. The number of halogens is 3. The third-order valence-corrected chi connectivity index (χ3v) is 1.00. The first-order valence-corrected chi connectivity index (χ1v) is 2.73. The maximum Gasteiger partial charge on any atom is 0.419 e. The Bertz CT molecular complexity index is 212. The van der Waals surface area contributed by atoms with E-state index in [0.717, 1.165) is 0 Å². The topological polar surface area (TPSA) is 17.1 Å². The molecule has 0 spiro atoms. The molecule has 0 atom stereocenters. The van der Waals surface area contributed by atoms with Crippen LogP contribution in [0, 0.1) is 0 Å². The number of ketones is 1. The van der Waals surface area contributed by atoms with Crippen molar-refractivity contribution in [1.82, 2.24) is 0 Å². The molecule has 0 rings (SSSR count). The fourth-order valence-corrected chi connectivity index (χ4v) is 0.386. The number of allylic oxidation sites excluding steroid dienone is 2. The number of rotatable bonds is 2. The molecule has 62 valence electrons. The number of Topliss-reactive ketones (excluding diaryl/α,β-unsaturated/α-hetero) is 1. The summed E-state index contributed by atoms with van der Waals surface area (Å²) in [5.74, 6) is -1.14. The first-order chi connectivity index (χ1) is 4.76. The van der Waals surface area contributed by atoms with Gasteiger partial charge >= 0.3 is 6.18 Å². The third-order valence-electron chi connectivity index (χ3n) is 1.00. The predicted octanol–water partition coefficient (Wildman–Crippen LogP) is 2.25. The summed E-state index contributed by atoms with van der Waals surface area (Å²) in [5, 5.41) is 0. The lowest BCUT2D eigenvalue weighted by atomic mass is 10.1. The zero-order valence-electron chi connectivity index (χ0n) is 5.96. The van der Waals surface area contributed by atoms with Crippen molar-refractivity contribution < 1.29 is 18.0 Å². The number of hydrogen-bond acceptors (Lipinski definition) is 1. The van der Waals surface area contributed by atoms with Crippen molar-refractivity contribution >= 4 is 5.78 Å². The SMILES string of the molecule is C=C(C)C(=O)C(=C)C(F)(F)F. The monoisotopic (exact) mass is 164 g/mol. The van der Waals surface area contributed by atoms with Gasteiger partial charge in [-0.2, -0.15) is 13.2 Å². The quantitative estimate of drug-likeness (QED) is 0.572. The minimum absolute atomic E-state index is 0.160. The molecule has 0 fully saturated rings. The molecular weight excluding hydrogens is 157 g/mol. The van der Waals surface area contributed by atoms with E-state index in [1.54, 1.807) is 0 Å². The second kappa shape index (κ2) is 2.90. The van der Waals surface area contributed by atoms with Crippen molar-refractivity contribution in [2.45, 2.75) is 13.1 Å². The van der Waals surface area contributed by atoms with Gasteiger partial charge in [0.05, 0.1) is 5.57 Å². The molecule has 0 N–H and O–H groups in total. The summed E-state index contributed by atoms with van der Waals surface area (Å²) in [4.78, 5) is 10.6. The minimum Gasteiger partial charge on any atom is -0.289 e. The Morgan fingerprint density at radius 2 is 1.64 bits per heavy atom. The summed E-state index contributed by atoms with van der Waals surface area (Å²) in [6.45, 7) is 6.90. The van der Waals surface area contributed by atoms with Gasteiger partial charge in [-0.15, -0.1) is 0 Å². The van der Waals surface area contributed by atoms with Gasteiger partial charge in [0.25, 0.3) is 0 Å². The molecule has 0 radical (unpaired) electrons. The Labute approximate surface area is 62.2 Å².